The summed E-state index contributed by atoms with van der Waals surface area (Å²) in [5.41, 5.74) is 2.89. The molecule has 0 bridgehead atoms. The molecule has 2 aromatic rings. The summed E-state index contributed by atoms with van der Waals surface area (Å²) >= 11 is 0. The van der Waals surface area contributed by atoms with Crippen LogP contribution < -0.4 is 0 Å². The predicted molar refractivity (Wildman–Crippen MR) is 75.4 cm³/mol. The van der Waals surface area contributed by atoms with Gasteiger partial charge in [0, 0.05) is 0 Å². The van der Waals surface area contributed by atoms with Gasteiger partial charge >= 0.3 is 0 Å². The van der Waals surface area contributed by atoms with E-state index in [2.05, 4.69) is 72.5 Å². The lowest BCUT2D eigenvalue weighted by Crippen LogP contribution is -2.00. The molecule has 1 nitrogen and oxygen atoms in total. The van der Waals surface area contributed by atoms with Crippen LogP contribution in [-0.2, 0) is 0 Å². The maximum absolute atomic E-state index is 2.59. The van der Waals surface area contributed by atoms with Crippen LogP contribution in [0.4, 0.5) is 0 Å². The standard InChI is InChI=1S/C17H19N/c1-2-13-18-16(14-9-5-3-6-10-14)17(18)15-11-7-4-8-12-15/h3-12,16-17H,2,13H2,1H3/t16-,17+,18?. The smallest absolute Gasteiger partial charge is 0.0552 e. The maximum Gasteiger partial charge on any atom is 0.0552 e. The first kappa shape index (κ1) is 11.5. The second-order valence-electron chi connectivity index (χ2n) is 4.95. The quantitative estimate of drug-likeness (QED) is 0.720. The van der Waals surface area contributed by atoms with Crippen molar-refractivity contribution in [2.45, 2.75) is 25.4 Å². The van der Waals surface area contributed by atoms with Crippen molar-refractivity contribution in [1.82, 2.24) is 4.90 Å². The van der Waals surface area contributed by atoms with Crippen LogP contribution in [0, 0.1) is 0 Å². The Balaban J connectivity index is 1.86. The summed E-state index contributed by atoms with van der Waals surface area (Å²) in [5, 5.41) is 0. The van der Waals surface area contributed by atoms with Crippen molar-refractivity contribution in [3.05, 3.63) is 71.8 Å². The monoisotopic (exact) mass is 237 g/mol. The van der Waals surface area contributed by atoms with Crippen molar-refractivity contribution in [2.24, 2.45) is 0 Å². The van der Waals surface area contributed by atoms with E-state index in [1.54, 1.807) is 0 Å². The summed E-state index contributed by atoms with van der Waals surface area (Å²) in [7, 11) is 0. The molecule has 0 N–H and O–H groups in total. The lowest BCUT2D eigenvalue weighted by molar-refractivity contribution is 0.482. The van der Waals surface area contributed by atoms with E-state index in [0.29, 0.717) is 12.1 Å². The van der Waals surface area contributed by atoms with Crippen LogP contribution in [-0.4, -0.2) is 11.4 Å². The average molecular weight is 237 g/mol. The molecule has 1 heteroatoms. The molecule has 0 aromatic heterocycles. The molecule has 0 spiro atoms. The number of rotatable bonds is 4. The van der Waals surface area contributed by atoms with Gasteiger partial charge < -0.3 is 0 Å². The van der Waals surface area contributed by atoms with Gasteiger partial charge in [0.05, 0.1) is 12.1 Å². The fourth-order valence-corrected chi connectivity index (χ4v) is 2.86. The van der Waals surface area contributed by atoms with E-state index in [4.69, 9.17) is 0 Å². The van der Waals surface area contributed by atoms with Gasteiger partial charge in [0.25, 0.3) is 0 Å². The normalized spacial score (nSPS) is 25.9. The molecule has 0 aliphatic carbocycles. The highest BCUT2D eigenvalue weighted by molar-refractivity contribution is 5.34. The Morgan fingerprint density at radius 2 is 1.22 bits per heavy atom. The van der Waals surface area contributed by atoms with Crippen LogP contribution in [0.25, 0.3) is 0 Å². The molecule has 0 saturated carbocycles. The van der Waals surface area contributed by atoms with Crippen molar-refractivity contribution < 1.29 is 0 Å². The van der Waals surface area contributed by atoms with Gasteiger partial charge in [0.1, 0.15) is 0 Å². The van der Waals surface area contributed by atoms with Crippen LogP contribution in [0.2, 0.25) is 0 Å². The van der Waals surface area contributed by atoms with Gasteiger partial charge in [-0.15, -0.1) is 0 Å². The largest absolute Gasteiger partial charge is 0.286 e. The fraction of sp³-hybridized carbons (Fsp3) is 0.294. The van der Waals surface area contributed by atoms with Crippen LogP contribution >= 0.6 is 0 Å². The second kappa shape index (κ2) is 4.95. The molecule has 92 valence electrons. The number of nitrogens with zero attached hydrogens (tertiary/aromatic N) is 1. The predicted octanol–water partition coefficient (Wildman–Crippen LogP) is 4.19. The Bertz CT molecular complexity index is 446. The molecular formula is C17H19N. The first-order valence-corrected chi connectivity index (χ1v) is 6.77. The third kappa shape index (κ3) is 2.06. The van der Waals surface area contributed by atoms with Crippen LogP contribution in [0.3, 0.4) is 0 Å². The van der Waals surface area contributed by atoms with Gasteiger partial charge in [-0.1, -0.05) is 67.6 Å². The lowest BCUT2D eigenvalue weighted by atomic mass is 10.0. The van der Waals surface area contributed by atoms with Gasteiger partial charge in [-0.05, 0) is 24.1 Å². The zero-order valence-electron chi connectivity index (χ0n) is 10.8. The minimum absolute atomic E-state index is 0.577. The van der Waals surface area contributed by atoms with E-state index in [1.807, 2.05) is 0 Å². The number of hydrogen-bond donors (Lipinski definition) is 0. The van der Waals surface area contributed by atoms with E-state index in [-0.39, 0.29) is 0 Å². The van der Waals surface area contributed by atoms with Gasteiger partial charge in [0.2, 0.25) is 0 Å². The molecule has 2 aromatic carbocycles. The minimum atomic E-state index is 0.577. The molecule has 3 atom stereocenters. The summed E-state index contributed by atoms with van der Waals surface area (Å²) in [6.45, 7) is 3.43. The van der Waals surface area contributed by atoms with E-state index in [9.17, 15) is 0 Å². The van der Waals surface area contributed by atoms with Crippen molar-refractivity contribution in [3.63, 3.8) is 0 Å². The van der Waals surface area contributed by atoms with Crippen molar-refractivity contribution in [3.8, 4) is 0 Å². The molecule has 1 aliphatic heterocycles. The van der Waals surface area contributed by atoms with Gasteiger partial charge in [-0.2, -0.15) is 0 Å². The molecular weight excluding hydrogens is 218 g/mol. The lowest BCUT2D eigenvalue weighted by Gasteiger charge is -2.00. The second-order valence-corrected chi connectivity index (χ2v) is 4.95. The molecule has 18 heavy (non-hydrogen) atoms. The van der Waals surface area contributed by atoms with E-state index >= 15 is 0 Å². The van der Waals surface area contributed by atoms with Crippen LogP contribution in [0.1, 0.15) is 36.6 Å². The summed E-state index contributed by atoms with van der Waals surface area (Å²) in [4.78, 5) is 2.59. The Morgan fingerprint density at radius 1 is 0.778 bits per heavy atom. The Morgan fingerprint density at radius 3 is 1.61 bits per heavy atom. The molecule has 1 saturated heterocycles. The van der Waals surface area contributed by atoms with E-state index in [1.165, 1.54) is 24.1 Å². The molecule has 0 amide bonds. The zero-order chi connectivity index (χ0) is 12.4. The van der Waals surface area contributed by atoms with E-state index < -0.39 is 0 Å². The Hall–Kier alpha value is -1.60. The molecule has 3 rings (SSSR count). The topological polar surface area (TPSA) is 3.01 Å². The van der Waals surface area contributed by atoms with Crippen molar-refractivity contribution in [2.75, 3.05) is 6.54 Å². The molecule has 1 heterocycles. The third-order valence-electron chi connectivity index (χ3n) is 3.69. The SMILES string of the molecule is CCCN1[C@H](c2ccccc2)[C@@H]1c1ccccc1. The summed E-state index contributed by atoms with van der Waals surface area (Å²) in [6, 6.07) is 22.9. The van der Waals surface area contributed by atoms with Crippen LogP contribution in [0.15, 0.2) is 60.7 Å². The van der Waals surface area contributed by atoms with Crippen LogP contribution in [0.5, 0.6) is 0 Å². The highest BCUT2D eigenvalue weighted by Gasteiger charge is 2.48. The van der Waals surface area contributed by atoms with Gasteiger partial charge in [-0.25, -0.2) is 0 Å². The van der Waals surface area contributed by atoms with E-state index in [0.717, 1.165) is 0 Å². The third-order valence-corrected chi connectivity index (χ3v) is 3.69. The van der Waals surface area contributed by atoms with Crippen molar-refractivity contribution >= 4 is 0 Å². The first-order valence-electron chi connectivity index (χ1n) is 6.77. The molecule has 1 fully saturated rings. The van der Waals surface area contributed by atoms with Crippen molar-refractivity contribution in [1.29, 1.82) is 0 Å². The highest BCUT2D eigenvalue weighted by Crippen LogP contribution is 2.54. The van der Waals surface area contributed by atoms with Gasteiger partial charge in [0.15, 0.2) is 0 Å². The fourth-order valence-electron chi connectivity index (χ4n) is 2.86. The highest BCUT2D eigenvalue weighted by atomic mass is 15.3. The summed E-state index contributed by atoms with van der Waals surface area (Å²) in [6.07, 6.45) is 1.21. The molecule has 1 aliphatic rings. The first-order chi connectivity index (χ1) is 8.92. The average Bonchev–Trinajstić information content (AvgIpc) is 3.15. The number of benzene rings is 2. The summed E-state index contributed by atoms with van der Waals surface area (Å²) in [5.74, 6) is 0. The summed E-state index contributed by atoms with van der Waals surface area (Å²) < 4.78 is 0. The zero-order valence-corrected chi connectivity index (χ0v) is 10.8. The molecule has 0 radical (unpaired) electrons. The minimum Gasteiger partial charge on any atom is -0.286 e. The Kier molecular flexibility index (Phi) is 3.16. The molecule has 1 unspecified atom stereocenters. The number of hydrogen-bond acceptors (Lipinski definition) is 1. The Labute approximate surface area is 109 Å². The van der Waals surface area contributed by atoms with Gasteiger partial charge in [-0.3, -0.25) is 4.90 Å². The maximum atomic E-state index is 2.59.